The average molecular weight is 607 g/mol. The van der Waals surface area contributed by atoms with Crippen molar-refractivity contribution in [2.75, 3.05) is 0 Å². The molecule has 0 saturated carbocycles. The van der Waals surface area contributed by atoms with Crippen LogP contribution in [0.15, 0.2) is 115 Å². The zero-order chi connectivity index (χ0) is 31.4. The normalized spacial score (nSPS) is 11.5. The lowest BCUT2D eigenvalue weighted by molar-refractivity contribution is -0.139. The highest BCUT2D eigenvalue weighted by molar-refractivity contribution is 5.87. The maximum absolute atomic E-state index is 13.1. The minimum Gasteiger partial charge on any atom is -0.489 e. The second-order valence-corrected chi connectivity index (χ2v) is 11.4. The molecule has 6 nitrogen and oxygen atoms in total. The number of benzene rings is 4. The summed E-state index contributed by atoms with van der Waals surface area (Å²) < 4.78 is 5.90. The number of aryl methyl sites for hydroxylation is 1. The molecule has 0 spiro atoms. The first kappa shape index (κ1) is 33.5. The van der Waals surface area contributed by atoms with E-state index in [-0.39, 0.29) is 18.4 Å². The van der Waals surface area contributed by atoms with Crippen LogP contribution in [0.3, 0.4) is 0 Å². The van der Waals surface area contributed by atoms with Gasteiger partial charge in [-0.25, -0.2) is 5.48 Å². The molecule has 236 valence electrons. The fraction of sp³-hybridized carbons (Fsp3) is 0.333. The molecule has 0 fully saturated rings. The molecule has 0 bridgehead atoms. The Morgan fingerprint density at radius 1 is 0.556 bits per heavy atom. The molecule has 0 unspecified atom stereocenters. The molecule has 45 heavy (non-hydrogen) atoms. The zero-order valence-electron chi connectivity index (χ0n) is 26.2. The minimum absolute atomic E-state index is 0.121. The number of rotatable bonds is 20. The summed E-state index contributed by atoms with van der Waals surface area (Å²) in [5.41, 5.74) is 6.90. The highest BCUT2D eigenvalue weighted by atomic mass is 16.6. The largest absolute Gasteiger partial charge is 0.489 e. The molecule has 0 radical (unpaired) electrons. The SMILES string of the molecule is O=C(CCCCCCCCCc1ccccc1)N[C@H](Cc1ccc(OCc2ccccc2)cc1)C(=O)NOCc1ccccc1. The molecule has 0 aromatic heterocycles. The molecule has 0 heterocycles. The Kier molecular flexibility index (Phi) is 14.7. The summed E-state index contributed by atoms with van der Waals surface area (Å²) >= 11 is 0. The third kappa shape index (κ3) is 13.4. The van der Waals surface area contributed by atoms with Crippen molar-refractivity contribution < 1.29 is 19.2 Å². The first-order valence-electron chi connectivity index (χ1n) is 16.2. The maximum atomic E-state index is 13.1. The predicted molar refractivity (Wildman–Crippen MR) is 179 cm³/mol. The number of nitrogens with one attached hydrogen (secondary N) is 2. The van der Waals surface area contributed by atoms with Crippen molar-refractivity contribution in [1.29, 1.82) is 0 Å². The molecule has 4 rings (SSSR count). The minimum atomic E-state index is -0.756. The first-order chi connectivity index (χ1) is 22.2. The Hall–Kier alpha value is -4.42. The van der Waals surface area contributed by atoms with Crippen molar-refractivity contribution in [3.63, 3.8) is 0 Å². The van der Waals surface area contributed by atoms with E-state index in [0.29, 0.717) is 19.4 Å². The van der Waals surface area contributed by atoms with Gasteiger partial charge in [0.15, 0.2) is 0 Å². The molecule has 4 aromatic carbocycles. The number of carbonyl (C=O) groups excluding carboxylic acids is 2. The van der Waals surface area contributed by atoms with Crippen molar-refractivity contribution >= 4 is 11.8 Å². The van der Waals surface area contributed by atoms with Crippen LogP contribution in [0.4, 0.5) is 0 Å². The van der Waals surface area contributed by atoms with Crippen molar-refractivity contribution in [3.8, 4) is 5.75 Å². The van der Waals surface area contributed by atoms with E-state index in [2.05, 4.69) is 41.1 Å². The predicted octanol–water partition coefficient (Wildman–Crippen LogP) is 7.90. The van der Waals surface area contributed by atoms with E-state index in [4.69, 9.17) is 9.57 Å². The van der Waals surface area contributed by atoms with Crippen molar-refractivity contribution in [2.24, 2.45) is 0 Å². The summed E-state index contributed by atoms with van der Waals surface area (Å²) in [5, 5.41) is 2.95. The smallest absolute Gasteiger partial charge is 0.266 e. The molecule has 6 heteroatoms. The third-order valence-electron chi connectivity index (χ3n) is 7.73. The molecule has 1 atom stereocenters. The van der Waals surface area contributed by atoms with Crippen LogP contribution in [-0.4, -0.2) is 17.9 Å². The van der Waals surface area contributed by atoms with Gasteiger partial charge in [-0.2, -0.15) is 0 Å². The number of ether oxygens (including phenoxy) is 1. The number of hydroxylamine groups is 1. The summed E-state index contributed by atoms with van der Waals surface area (Å²) in [6.07, 6.45) is 9.67. The van der Waals surface area contributed by atoms with Gasteiger partial charge in [0.2, 0.25) is 5.91 Å². The van der Waals surface area contributed by atoms with Crippen molar-refractivity contribution in [2.45, 2.75) is 83.5 Å². The number of unbranched alkanes of at least 4 members (excludes halogenated alkanes) is 6. The van der Waals surface area contributed by atoms with Gasteiger partial charge in [0, 0.05) is 12.8 Å². The van der Waals surface area contributed by atoms with E-state index >= 15 is 0 Å². The summed E-state index contributed by atoms with van der Waals surface area (Å²) in [7, 11) is 0. The molecule has 0 aliphatic carbocycles. The van der Waals surface area contributed by atoms with Crippen LogP contribution in [0.1, 0.15) is 73.6 Å². The van der Waals surface area contributed by atoms with Gasteiger partial charge >= 0.3 is 0 Å². The molecular formula is C39H46N2O4. The molecular weight excluding hydrogens is 560 g/mol. The van der Waals surface area contributed by atoms with Crippen LogP contribution in [0.5, 0.6) is 5.75 Å². The van der Waals surface area contributed by atoms with E-state index in [1.54, 1.807) is 0 Å². The molecule has 2 N–H and O–H groups in total. The van der Waals surface area contributed by atoms with E-state index in [1.165, 1.54) is 31.2 Å². The summed E-state index contributed by atoms with van der Waals surface area (Å²) in [5.74, 6) is 0.248. The highest BCUT2D eigenvalue weighted by Crippen LogP contribution is 2.16. The van der Waals surface area contributed by atoms with Gasteiger partial charge < -0.3 is 10.1 Å². The molecule has 0 saturated heterocycles. The van der Waals surface area contributed by atoms with E-state index < -0.39 is 6.04 Å². The van der Waals surface area contributed by atoms with E-state index in [0.717, 1.165) is 48.1 Å². The topological polar surface area (TPSA) is 76.7 Å². The van der Waals surface area contributed by atoms with Crippen LogP contribution in [0, 0.1) is 0 Å². The molecule has 4 aromatic rings. The number of carbonyl (C=O) groups is 2. The zero-order valence-corrected chi connectivity index (χ0v) is 26.2. The second kappa shape index (κ2) is 19.8. The Bertz CT molecular complexity index is 1380. The lowest BCUT2D eigenvalue weighted by Gasteiger charge is -2.19. The van der Waals surface area contributed by atoms with Crippen molar-refractivity contribution in [1.82, 2.24) is 10.8 Å². The Labute approximate surface area is 268 Å². The summed E-state index contributed by atoms with van der Waals surface area (Å²) in [6.45, 7) is 0.723. The number of amides is 2. The van der Waals surface area contributed by atoms with Crippen LogP contribution in [0.2, 0.25) is 0 Å². The first-order valence-corrected chi connectivity index (χ1v) is 16.2. The quantitative estimate of drug-likeness (QED) is 0.0792. The van der Waals surface area contributed by atoms with Gasteiger partial charge in [-0.3, -0.25) is 14.4 Å². The van der Waals surface area contributed by atoms with Gasteiger partial charge in [0.05, 0.1) is 6.61 Å². The fourth-order valence-electron chi connectivity index (χ4n) is 5.15. The van der Waals surface area contributed by atoms with Gasteiger partial charge in [0.1, 0.15) is 18.4 Å². The Morgan fingerprint density at radius 3 is 1.71 bits per heavy atom. The van der Waals surface area contributed by atoms with Crippen LogP contribution >= 0.6 is 0 Å². The number of hydrogen-bond acceptors (Lipinski definition) is 4. The van der Waals surface area contributed by atoms with Gasteiger partial charge in [0.25, 0.3) is 5.91 Å². The maximum Gasteiger partial charge on any atom is 0.266 e. The highest BCUT2D eigenvalue weighted by Gasteiger charge is 2.21. The molecule has 0 aliphatic rings. The Morgan fingerprint density at radius 2 is 1.09 bits per heavy atom. The van der Waals surface area contributed by atoms with Crippen LogP contribution in [-0.2, 0) is 40.5 Å². The van der Waals surface area contributed by atoms with E-state index in [1.807, 2.05) is 84.9 Å². The lowest BCUT2D eigenvalue weighted by atomic mass is 10.0. The number of hydrogen-bond donors (Lipinski definition) is 2. The molecule has 0 aliphatic heterocycles. The average Bonchev–Trinajstić information content (AvgIpc) is 3.08. The fourth-order valence-corrected chi connectivity index (χ4v) is 5.15. The second-order valence-electron chi connectivity index (χ2n) is 11.4. The summed E-state index contributed by atoms with van der Waals surface area (Å²) in [4.78, 5) is 31.5. The van der Waals surface area contributed by atoms with Crippen LogP contribution in [0.25, 0.3) is 0 Å². The van der Waals surface area contributed by atoms with E-state index in [9.17, 15) is 9.59 Å². The monoisotopic (exact) mass is 606 g/mol. The summed E-state index contributed by atoms with van der Waals surface area (Å²) in [6, 6.07) is 37.1. The van der Waals surface area contributed by atoms with Gasteiger partial charge in [-0.15, -0.1) is 0 Å². The standard InChI is InChI=1S/C39H46N2O4/c42-38(24-16-5-3-1-2-4-9-17-32-18-10-6-11-19-32)40-37(39(43)41-45-31-35-22-14-8-15-23-35)29-33-25-27-36(28-26-33)44-30-34-20-12-7-13-21-34/h6-8,10-15,18-23,25-28,37H,1-5,9,16-17,24,29-31H2,(H,40,42)(H,41,43)/t37-/m1/s1. The van der Waals surface area contributed by atoms with Crippen LogP contribution < -0.4 is 15.5 Å². The Balaban J connectivity index is 1.19. The van der Waals surface area contributed by atoms with Gasteiger partial charge in [-0.1, -0.05) is 135 Å². The van der Waals surface area contributed by atoms with Gasteiger partial charge in [-0.05, 0) is 53.6 Å². The third-order valence-corrected chi connectivity index (χ3v) is 7.73. The van der Waals surface area contributed by atoms with Crippen molar-refractivity contribution in [3.05, 3.63) is 138 Å². The molecule has 2 amide bonds. The lowest BCUT2D eigenvalue weighted by Crippen LogP contribution is -2.47.